The summed E-state index contributed by atoms with van der Waals surface area (Å²) >= 11 is 3.48. The molecule has 0 N–H and O–H groups in total. The number of nitrogens with zero attached hydrogens (tertiary/aromatic N) is 2. The van der Waals surface area contributed by atoms with Crippen LogP contribution >= 0.6 is 15.9 Å². The van der Waals surface area contributed by atoms with E-state index in [1.165, 1.54) is 0 Å². The minimum Gasteiger partial charge on any atom is -0.297 e. The second-order valence-corrected chi connectivity index (χ2v) is 9.34. The zero-order chi connectivity index (χ0) is 22.1. The Hall–Kier alpha value is -2.16. The van der Waals surface area contributed by atoms with Gasteiger partial charge < -0.3 is 0 Å². The minimum absolute atomic E-state index is 0. The van der Waals surface area contributed by atoms with Crippen LogP contribution in [0, 0.1) is 17.5 Å². The van der Waals surface area contributed by atoms with Gasteiger partial charge in [0.05, 0.1) is 11.4 Å². The van der Waals surface area contributed by atoms with Gasteiger partial charge in [-0.05, 0) is 23.5 Å². The largest absolute Gasteiger partial charge is 2.00 e. The summed E-state index contributed by atoms with van der Waals surface area (Å²) in [4.78, 5) is 9.44. The van der Waals surface area contributed by atoms with Crippen LogP contribution in [0.4, 0.5) is 4.39 Å². The van der Waals surface area contributed by atoms with Gasteiger partial charge in [0.15, 0.2) is 5.67 Å². The smallest absolute Gasteiger partial charge is 0.297 e. The Bertz CT molecular complexity index is 1210. The van der Waals surface area contributed by atoms with Crippen LogP contribution in [-0.2, 0) is 26.7 Å². The van der Waals surface area contributed by atoms with Crippen molar-refractivity contribution in [3.63, 3.8) is 0 Å². The van der Waals surface area contributed by atoms with E-state index < -0.39 is 11.1 Å². The summed E-state index contributed by atoms with van der Waals surface area (Å²) in [5.41, 5.74) is 0.939. The Morgan fingerprint density at radius 3 is 1.88 bits per heavy atom. The van der Waals surface area contributed by atoms with Crippen LogP contribution in [0.5, 0.6) is 0 Å². The normalized spacial score (nSPS) is 13.2. The first-order valence-electron chi connectivity index (χ1n) is 10.1. The van der Waals surface area contributed by atoms with Crippen molar-refractivity contribution in [3.05, 3.63) is 107 Å². The van der Waals surface area contributed by atoms with Crippen molar-refractivity contribution in [3.8, 4) is 22.5 Å². The third-order valence-corrected chi connectivity index (χ3v) is 5.76. The molecule has 0 bridgehead atoms. The predicted octanol–water partition coefficient (Wildman–Crippen LogP) is 7.43. The molecule has 0 aliphatic heterocycles. The van der Waals surface area contributed by atoms with Gasteiger partial charge in [0, 0.05) is 5.41 Å². The van der Waals surface area contributed by atoms with Crippen molar-refractivity contribution in [1.29, 1.82) is 0 Å². The van der Waals surface area contributed by atoms with Crippen LogP contribution in [0.3, 0.4) is 0 Å². The molecule has 0 saturated heterocycles. The fourth-order valence-electron chi connectivity index (χ4n) is 3.59. The molecule has 0 aliphatic carbocycles. The molecular formula is C27H22BrFN2Pt. The van der Waals surface area contributed by atoms with Crippen LogP contribution < -0.4 is 0 Å². The number of benzene rings is 2. The predicted molar refractivity (Wildman–Crippen MR) is 126 cm³/mol. The maximum Gasteiger partial charge on any atom is 2.00 e. The molecule has 32 heavy (non-hydrogen) atoms. The van der Waals surface area contributed by atoms with Gasteiger partial charge in [-0.3, -0.25) is 9.97 Å². The molecule has 164 valence electrons. The fraction of sp³-hybridized carbons (Fsp3) is 0.185. The second-order valence-electron chi connectivity index (χ2n) is 8.42. The molecule has 0 spiro atoms. The molecule has 2 aromatic carbocycles. The summed E-state index contributed by atoms with van der Waals surface area (Å²) in [5.74, 6) is 0. The van der Waals surface area contributed by atoms with Crippen LogP contribution in [0.1, 0.15) is 32.2 Å². The number of halogens is 2. The first-order valence-corrected chi connectivity index (χ1v) is 10.9. The molecule has 0 radical (unpaired) electrons. The number of alkyl halides is 1. The third kappa shape index (κ3) is 4.77. The zero-order valence-corrected chi connectivity index (χ0v) is 21.8. The first-order chi connectivity index (χ1) is 14.8. The monoisotopic (exact) mass is 667 g/mol. The topological polar surface area (TPSA) is 25.8 Å². The summed E-state index contributed by atoms with van der Waals surface area (Å²) in [5, 5.41) is 0. The molecule has 1 unspecified atom stereocenters. The SMILES string of the molecule is CC(C)(C)C(F)(c1cccc(-c2[c-]cccc2)n1)c1cccc(-c2[c-]ccc(Br)c2)n1.[Pt+2]. The molecule has 5 heteroatoms. The molecule has 4 aromatic rings. The van der Waals surface area contributed by atoms with E-state index in [1.54, 1.807) is 12.1 Å². The van der Waals surface area contributed by atoms with Crippen molar-refractivity contribution in [2.45, 2.75) is 26.4 Å². The Morgan fingerprint density at radius 2 is 1.34 bits per heavy atom. The van der Waals surface area contributed by atoms with E-state index in [0.717, 1.165) is 15.6 Å². The fourth-order valence-corrected chi connectivity index (χ4v) is 3.95. The quantitative estimate of drug-likeness (QED) is 0.212. The van der Waals surface area contributed by atoms with Crippen LogP contribution in [-0.4, -0.2) is 9.97 Å². The van der Waals surface area contributed by atoms with E-state index in [4.69, 9.17) is 9.97 Å². The van der Waals surface area contributed by atoms with Gasteiger partial charge in [0.25, 0.3) is 0 Å². The summed E-state index contributed by atoms with van der Waals surface area (Å²) in [7, 11) is 0. The third-order valence-electron chi connectivity index (χ3n) is 5.26. The van der Waals surface area contributed by atoms with Gasteiger partial charge in [0.2, 0.25) is 0 Å². The Morgan fingerprint density at radius 1 is 0.750 bits per heavy atom. The standard InChI is InChI=1S/C27H22BrFN2.Pt/c1-26(2,3)27(29,24-16-8-14-22(30-24)19-10-5-4-6-11-19)25-17-9-15-23(31-25)20-12-7-13-21(28)18-20;/h4-10,13-18H,1-3H3;/q-2;+2. The summed E-state index contributed by atoms with van der Waals surface area (Å²) in [6, 6.07) is 30.4. The number of pyridine rings is 2. The van der Waals surface area contributed by atoms with Crippen LogP contribution in [0.15, 0.2) is 83.3 Å². The molecule has 2 aromatic heterocycles. The number of aromatic nitrogens is 2. The molecule has 0 aliphatic rings. The van der Waals surface area contributed by atoms with Gasteiger partial charge >= 0.3 is 21.1 Å². The van der Waals surface area contributed by atoms with Crippen molar-refractivity contribution in [2.75, 3.05) is 0 Å². The van der Waals surface area contributed by atoms with Crippen molar-refractivity contribution >= 4 is 15.9 Å². The van der Waals surface area contributed by atoms with Crippen LogP contribution in [0.2, 0.25) is 0 Å². The first kappa shape index (κ1) is 24.5. The molecule has 1 atom stereocenters. The Balaban J connectivity index is 0.00000289. The van der Waals surface area contributed by atoms with E-state index in [0.29, 0.717) is 22.8 Å². The van der Waals surface area contributed by atoms with Gasteiger partial charge in [-0.25, -0.2) is 4.39 Å². The Kier molecular flexibility index (Phi) is 7.47. The summed E-state index contributed by atoms with van der Waals surface area (Å²) < 4.78 is 18.0. The van der Waals surface area contributed by atoms with E-state index in [1.807, 2.05) is 87.5 Å². The Labute approximate surface area is 211 Å². The molecule has 2 heterocycles. The molecule has 0 amide bonds. The maximum atomic E-state index is 17.1. The van der Waals surface area contributed by atoms with Gasteiger partial charge in [-0.1, -0.05) is 65.4 Å². The molecule has 0 fully saturated rings. The van der Waals surface area contributed by atoms with Crippen LogP contribution in [0.25, 0.3) is 22.5 Å². The molecule has 4 rings (SSSR count). The van der Waals surface area contributed by atoms with Gasteiger partial charge in [-0.2, -0.15) is 0 Å². The van der Waals surface area contributed by atoms with Gasteiger partial charge in [-0.15, -0.1) is 65.7 Å². The average Bonchev–Trinajstić information content (AvgIpc) is 2.78. The van der Waals surface area contributed by atoms with E-state index in [9.17, 15) is 0 Å². The number of hydrogen-bond acceptors (Lipinski definition) is 2. The van der Waals surface area contributed by atoms with Crippen molar-refractivity contribution in [2.24, 2.45) is 5.41 Å². The van der Waals surface area contributed by atoms with Crippen molar-refractivity contribution in [1.82, 2.24) is 9.97 Å². The molecule has 2 nitrogen and oxygen atoms in total. The van der Waals surface area contributed by atoms with E-state index in [2.05, 4.69) is 28.1 Å². The van der Waals surface area contributed by atoms with Crippen molar-refractivity contribution < 1.29 is 25.5 Å². The van der Waals surface area contributed by atoms with Gasteiger partial charge in [0.1, 0.15) is 0 Å². The number of rotatable bonds is 4. The zero-order valence-electron chi connectivity index (χ0n) is 18.0. The summed E-state index contributed by atoms with van der Waals surface area (Å²) in [6.07, 6.45) is 0. The average molecular weight is 668 g/mol. The summed E-state index contributed by atoms with van der Waals surface area (Å²) in [6.45, 7) is 5.61. The van der Waals surface area contributed by atoms with E-state index >= 15 is 4.39 Å². The van der Waals surface area contributed by atoms with E-state index in [-0.39, 0.29) is 21.1 Å². The maximum absolute atomic E-state index is 17.1. The minimum atomic E-state index is -1.90. The number of hydrogen-bond donors (Lipinski definition) is 0. The molecular weight excluding hydrogens is 646 g/mol. The molecule has 0 saturated carbocycles. The second kappa shape index (κ2) is 9.77.